The Labute approximate surface area is 776 Å². The van der Waals surface area contributed by atoms with Crippen LogP contribution in [0.4, 0.5) is 0 Å². The zero-order valence-corrected chi connectivity index (χ0v) is 74.3. The van der Waals surface area contributed by atoms with Crippen LogP contribution in [0.15, 0.2) is 0 Å². The molecule has 782 valence electrons. The van der Waals surface area contributed by atoms with Gasteiger partial charge in [0.05, 0.1) is 85.2 Å². The van der Waals surface area contributed by atoms with Crippen molar-refractivity contribution in [1.82, 2.24) is 47.2 Å². The number of hydroxylamine groups is 2. The van der Waals surface area contributed by atoms with E-state index in [1.807, 2.05) is 0 Å². The van der Waals surface area contributed by atoms with Gasteiger partial charge in [-0.1, -0.05) is 12.8 Å². The minimum absolute atomic E-state index is 0.0447. The zero-order valence-electron chi connectivity index (χ0n) is 74.3. The highest BCUT2D eigenvalue weighted by molar-refractivity contribution is 6.01. The number of aliphatic hydroxyl groups excluding tert-OH is 23. The Balaban J connectivity index is 0.828. The highest BCUT2D eigenvalue weighted by atomic mass is 16.8. The van der Waals surface area contributed by atoms with Crippen molar-refractivity contribution >= 4 is 59.1 Å². The van der Waals surface area contributed by atoms with Crippen LogP contribution in [0, 0.1) is 0 Å². The molecule has 57 nitrogen and oxygen atoms in total. The summed E-state index contributed by atoms with van der Waals surface area (Å²) in [7, 11) is 0. The standard InChI is InChI=1S/C79H133N9O48/c1-34-51(102)58(109)63(114)73(127-34)122-22-20-84-43(94)13-12-35(72(121)85-21-24-124-77-69(120)71(135-79-67(118)62(113)55(106)39(31-92)131-79)57(108)41(133-77)33-126-75-65(116)60(111)53(104)37(29-90)129-75)86-44(95)10-8-18-82-47(98)27-87(26-46(97)81-17-7-3-5-11-50(101)136-88-48(99)14-15-49(88)100)25-45(96)80-16-6-2-4-9-42(93)83-19-23-123-76-68(119)70(134-78-66(117)61(112)54(105)38(30-91)130-78)56(107)40(132-76)32-125-74-64(115)59(110)52(103)36(28-89)128-74/h34-41,51-71,73-79,89-92,102-120H,2-33H2,1H3,(H,80,96)(H,81,97)(H,82,98)(H,83,93)(H,84,94)(H,85,121)(H,86,95)/t34-,35-,36+,37+,38+,39+,40+,41+,51+,52+,53+,54+,55+,56+,57+,58+,59-,60-,61-,62-,63-,64-,65-,66-,67-,68-,69-,70-,71-,73+,74-,75-,76-,77-,78+,79+/m0/s1. The minimum Gasteiger partial charge on any atom is -0.394 e. The number of hydrogen-bond acceptors (Lipinski definition) is 49. The second-order valence-electron chi connectivity index (χ2n) is 33.6. The number of unbranched alkanes of at least 4 members (excludes halogenated alkanes) is 4. The van der Waals surface area contributed by atoms with Gasteiger partial charge in [0.1, 0.15) is 171 Å². The summed E-state index contributed by atoms with van der Waals surface area (Å²) in [6.07, 6.45) is -61.7. The van der Waals surface area contributed by atoms with Gasteiger partial charge in [0.25, 0.3) is 11.8 Å². The van der Waals surface area contributed by atoms with Crippen LogP contribution < -0.4 is 37.2 Å². The van der Waals surface area contributed by atoms with Crippen LogP contribution in [0.3, 0.4) is 0 Å². The second kappa shape index (κ2) is 56.9. The van der Waals surface area contributed by atoms with E-state index in [-0.39, 0.29) is 90.9 Å². The SMILES string of the molecule is C[C@@H]1O[C@@H](OCCNC(=O)CC[C@H](NC(=O)CCCNC(=O)CN(CC(=O)NCCCCCC(=O)NCCO[C@H]2O[C@H](CO[C@H]3O[C@H](CO)[C@@H](O)[C@H](O)[C@@H]3O)[C@@H](O)[C@H](O[C@H]3O[C@H](CO)[C@@H](O)[C@H](O)[C@@H]3O)[C@@H]2O)CC(=O)NCCCCCC(=O)ON2C(=O)CCC2=O)C(=O)NCCO[C@H]2O[C@H](CO[C@H]3O[C@H](CO)[C@@H](O)[C@H](O)[C@@H]3O)[C@@H](O)[C@H](O[C@H]3O[C@H](CO)[C@@H](O)[C@H](O)[C@@H]3O)[C@@H]2O)[C@@H](O)[C@H](O)[C@@H]1O. The van der Waals surface area contributed by atoms with Crippen molar-refractivity contribution in [2.75, 3.05) is 118 Å². The fraction of sp³-hybridized carbons (Fsp3) is 0.873. The number of carbonyl (C=O) groups excluding carboxylic acids is 10. The van der Waals surface area contributed by atoms with Crippen molar-refractivity contribution in [3.05, 3.63) is 0 Å². The number of nitrogens with one attached hydrogen (secondary N) is 7. The Morgan fingerprint density at radius 1 is 0.338 bits per heavy atom. The van der Waals surface area contributed by atoms with E-state index in [0.717, 1.165) is 0 Å². The first-order valence-electron chi connectivity index (χ1n) is 44.8. The van der Waals surface area contributed by atoms with Crippen molar-refractivity contribution in [2.24, 2.45) is 0 Å². The third kappa shape index (κ3) is 33.2. The zero-order chi connectivity index (χ0) is 99.9. The van der Waals surface area contributed by atoms with Gasteiger partial charge in [-0.15, -0.1) is 5.06 Å². The first kappa shape index (κ1) is 115. The number of imide groups is 1. The fourth-order valence-corrected chi connectivity index (χ4v) is 15.3. The predicted molar refractivity (Wildman–Crippen MR) is 437 cm³/mol. The summed E-state index contributed by atoms with van der Waals surface area (Å²) in [6, 6.07) is -1.52. The fourth-order valence-electron chi connectivity index (χ4n) is 15.3. The molecule has 9 amide bonds. The monoisotopic (exact) mass is 1980 g/mol. The van der Waals surface area contributed by atoms with Crippen LogP contribution in [0.1, 0.15) is 96.8 Å². The van der Waals surface area contributed by atoms with Crippen LogP contribution in [0.25, 0.3) is 0 Å². The topological polar surface area (TPSA) is 865 Å². The molecule has 0 aromatic rings. The average molecular weight is 1980 g/mol. The smallest absolute Gasteiger partial charge is 0.333 e. The summed E-state index contributed by atoms with van der Waals surface area (Å²) in [5.74, 6) is -7.08. The predicted octanol–water partition coefficient (Wildman–Crippen LogP) is -18.5. The van der Waals surface area contributed by atoms with Gasteiger partial charge < -0.3 is 226 Å². The van der Waals surface area contributed by atoms with Crippen molar-refractivity contribution in [3.8, 4) is 0 Å². The molecule has 0 bridgehead atoms. The molecule has 8 heterocycles. The molecule has 0 saturated carbocycles. The quantitative estimate of drug-likeness (QED) is 0.0199. The maximum Gasteiger partial charge on any atom is 0.333 e. The van der Waals surface area contributed by atoms with Crippen molar-refractivity contribution in [1.29, 1.82) is 0 Å². The molecule has 8 saturated heterocycles. The second-order valence-corrected chi connectivity index (χ2v) is 33.6. The lowest BCUT2D eigenvalue weighted by molar-refractivity contribution is -0.366. The summed E-state index contributed by atoms with van der Waals surface area (Å²) in [5.41, 5.74) is 0. The molecule has 0 spiro atoms. The van der Waals surface area contributed by atoms with Crippen LogP contribution in [0.2, 0.25) is 0 Å². The Morgan fingerprint density at radius 3 is 1.08 bits per heavy atom. The highest BCUT2D eigenvalue weighted by Gasteiger charge is 2.56. The van der Waals surface area contributed by atoms with Gasteiger partial charge in [-0.2, -0.15) is 0 Å². The lowest BCUT2D eigenvalue weighted by Crippen LogP contribution is -2.65. The largest absolute Gasteiger partial charge is 0.394 e. The van der Waals surface area contributed by atoms with Crippen molar-refractivity contribution < 1.29 is 237 Å². The van der Waals surface area contributed by atoms with E-state index >= 15 is 0 Å². The van der Waals surface area contributed by atoms with Crippen LogP contribution in [-0.2, 0) is 119 Å². The molecule has 136 heavy (non-hydrogen) atoms. The molecular formula is C79H133N9O48. The van der Waals surface area contributed by atoms with E-state index in [2.05, 4.69) is 37.2 Å². The molecule has 8 aliphatic rings. The summed E-state index contributed by atoms with van der Waals surface area (Å²) in [4.78, 5) is 137. The number of aliphatic hydroxyl groups is 23. The third-order valence-corrected chi connectivity index (χ3v) is 23.3. The molecule has 57 heteroatoms. The molecule has 8 rings (SSSR count). The molecule has 0 unspecified atom stereocenters. The lowest BCUT2D eigenvalue weighted by Gasteiger charge is -2.46. The van der Waals surface area contributed by atoms with E-state index in [1.165, 1.54) is 11.8 Å². The number of hydrogen-bond donors (Lipinski definition) is 30. The van der Waals surface area contributed by atoms with E-state index in [9.17, 15) is 165 Å². The summed E-state index contributed by atoms with van der Waals surface area (Å²) in [6.45, 7) is -7.50. The van der Waals surface area contributed by atoms with Gasteiger partial charge >= 0.3 is 5.97 Å². The number of rotatable bonds is 54. The molecule has 36 atom stereocenters. The molecular weight excluding hydrogens is 1840 g/mol. The third-order valence-electron chi connectivity index (χ3n) is 23.3. The Bertz CT molecular complexity index is 3680. The number of nitrogens with zero attached hydrogens (tertiary/aromatic N) is 2. The highest BCUT2D eigenvalue weighted by Crippen LogP contribution is 2.35. The maximum absolute atomic E-state index is 14.0. The minimum atomic E-state index is -2.07. The Hall–Kier alpha value is -6.62. The Morgan fingerprint density at radius 2 is 0.669 bits per heavy atom. The lowest BCUT2D eigenvalue weighted by atomic mass is 9.96. The molecule has 0 aliphatic carbocycles. The summed E-state index contributed by atoms with van der Waals surface area (Å²) < 4.78 is 78.2. The number of ether oxygens (including phenoxy) is 14. The van der Waals surface area contributed by atoms with Gasteiger partial charge in [0, 0.05) is 77.8 Å². The van der Waals surface area contributed by atoms with E-state index < -0.39 is 372 Å². The van der Waals surface area contributed by atoms with Gasteiger partial charge in [-0.25, -0.2) is 4.79 Å². The number of carbonyl (C=O) groups is 10. The van der Waals surface area contributed by atoms with Crippen molar-refractivity contribution in [2.45, 2.75) is 318 Å². The summed E-state index contributed by atoms with van der Waals surface area (Å²) in [5, 5.41) is 260. The van der Waals surface area contributed by atoms with E-state index in [4.69, 9.17) is 71.2 Å². The maximum atomic E-state index is 14.0. The summed E-state index contributed by atoms with van der Waals surface area (Å²) >= 11 is 0. The number of amides is 9. The van der Waals surface area contributed by atoms with E-state index in [1.54, 1.807) is 0 Å². The first-order valence-corrected chi connectivity index (χ1v) is 44.8. The first-order chi connectivity index (χ1) is 64.7. The van der Waals surface area contributed by atoms with Gasteiger partial charge in [-0.3, -0.25) is 48.1 Å². The van der Waals surface area contributed by atoms with E-state index in [0.29, 0.717) is 30.7 Å². The molecule has 8 fully saturated rings. The van der Waals surface area contributed by atoms with Crippen LogP contribution in [-0.4, -0.2) is 526 Å². The molecule has 0 aromatic heterocycles. The molecule has 30 N–H and O–H groups in total. The molecule has 8 aliphatic heterocycles. The Kier molecular flexibility index (Phi) is 47.9. The van der Waals surface area contributed by atoms with Crippen LogP contribution >= 0.6 is 0 Å². The van der Waals surface area contributed by atoms with Crippen molar-refractivity contribution in [3.63, 3.8) is 0 Å². The van der Waals surface area contributed by atoms with Gasteiger partial charge in [-0.05, 0) is 45.4 Å². The van der Waals surface area contributed by atoms with Gasteiger partial charge in [0.2, 0.25) is 41.4 Å². The molecule has 0 aromatic carbocycles. The molecule has 0 radical (unpaired) electrons. The van der Waals surface area contributed by atoms with Gasteiger partial charge in [0.15, 0.2) is 44.0 Å². The van der Waals surface area contributed by atoms with Crippen LogP contribution in [0.5, 0.6) is 0 Å². The average Bonchev–Trinajstić information content (AvgIpc) is 1.01. The normalized spacial score (nSPS) is 36.2.